The first-order valence-electron chi connectivity index (χ1n) is 20.3. The lowest BCUT2D eigenvalue weighted by Crippen LogP contribution is -1.95. The molecule has 8 aromatic carbocycles. The predicted molar refractivity (Wildman–Crippen MR) is 249 cm³/mol. The topological polar surface area (TPSA) is 38.7 Å². The minimum absolute atomic E-state index is 0.707. The quantitative estimate of drug-likeness (QED) is 0.147. The number of pyridine rings is 1. The van der Waals surface area contributed by atoms with Gasteiger partial charge in [-0.1, -0.05) is 200 Å². The van der Waals surface area contributed by atoms with E-state index in [1.54, 1.807) is 0 Å². The van der Waals surface area contributed by atoms with E-state index in [9.17, 15) is 0 Å². The van der Waals surface area contributed by atoms with Crippen molar-refractivity contribution in [2.75, 3.05) is 0 Å². The highest BCUT2D eigenvalue weighted by Crippen LogP contribution is 2.36. The molecule has 0 bridgehead atoms. The lowest BCUT2D eigenvalue weighted by atomic mass is 9.92. The number of hydrogen-bond acceptors (Lipinski definition) is 3. The third-order valence-electron chi connectivity index (χ3n) is 10.9. The Kier molecular flexibility index (Phi) is 9.97. The van der Waals surface area contributed by atoms with E-state index in [4.69, 9.17) is 15.0 Å². The molecule has 10 rings (SSSR count). The lowest BCUT2D eigenvalue weighted by Gasteiger charge is -2.13. The van der Waals surface area contributed by atoms with Gasteiger partial charge in [-0.05, 0) is 80.9 Å². The summed E-state index contributed by atoms with van der Waals surface area (Å²) in [4.78, 5) is 15.2. The minimum Gasteiger partial charge on any atom is -0.248 e. The van der Waals surface area contributed by atoms with Crippen molar-refractivity contribution in [3.63, 3.8) is 0 Å². The summed E-state index contributed by atoms with van der Waals surface area (Å²) in [5.41, 5.74) is 18.1. The number of hydrogen-bond donors (Lipinski definition) is 0. The predicted octanol–water partition coefficient (Wildman–Crippen LogP) is 14.9. The van der Waals surface area contributed by atoms with Gasteiger partial charge in [-0.25, -0.2) is 15.0 Å². The molecule has 2 heterocycles. The highest BCUT2D eigenvalue weighted by molar-refractivity contribution is 5.84. The molecule has 0 aliphatic heterocycles. The first-order chi connectivity index (χ1) is 29.7. The third kappa shape index (κ3) is 7.80. The molecule has 3 heteroatoms. The van der Waals surface area contributed by atoms with Crippen molar-refractivity contribution >= 4 is 0 Å². The molecule has 0 aliphatic rings. The summed E-state index contributed by atoms with van der Waals surface area (Å²) in [5.74, 6) is 0.707. The summed E-state index contributed by atoms with van der Waals surface area (Å²) in [6.45, 7) is 0. The molecule has 0 N–H and O–H groups in total. The van der Waals surface area contributed by atoms with Gasteiger partial charge in [-0.15, -0.1) is 0 Å². The van der Waals surface area contributed by atoms with Crippen molar-refractivity contribution in [1.29, 1.82) is 0 Å². The molecule has 0 aliphatic carbocycles. The molecule has 0 saturated carbocycles. The van der Waals surface area contributed by atoms with E-state index in [0.717, 1.165) is 84.0 Å². The fourth-order valence-electron chi connectivity index (χ4n) is 7.73. The molecule has 0 unspecified atom stereocenters. The number of nitrogens with zero attached hydrogens (tertiary/aromatic N) is 3. The molecule has 0 atom stereocenters. The number of rotatable bonds is 9. The summed E-state index contributed by atoms with van der Waals surface area (Å²) < 4.78 is 0. The average molecular weight is 766 g/mol. The maximum atomic E-state index is 5.17. The van der Waals surface area contributed by atoms with Crippen LogP contribution in [0.3, 0.4) is 0 Å². The van der Waals surface area contributed by atoms with E-state index in [1.807, 2.05) is 42.5 Å². The van der Waals surface area contributed by atoms with Crippen LogP contribution in [0.15, 0.2) is 237 Å². The Morgan fingerprint density at radius 3 is 0.783 bits per heavy atom. The van der Waals surface area contributed by atoms with Crippen LogP contribution < -0.4 is 0 Å². The van der Waals surface area contributed by atoms with Crippen molar-refractivity contribution in [2.24, 2.45) is 0 Å². The first kappa shape index (κ1) is 36.3. The van der Waals surface area contributed by atoms with Crippen molar-refractivity contribution in [2.45, 2.75) is 0 Å². The smallest absolute Gasteiger partial charge is 0.160 e. The highest BCUT2D eigenvalue weighted by atomic mass is 14.9. The van der Waals surface area contributed by atoms with Crippen LogP contribution in [0, 0.1) is 0 Å². The Morgan fingerprint density at radius 2 is 0.417 bits per heavy atom. The molecule has 0 amide bonds. The maximum Gasteiger partial charge on any atom is 0.160 e. The molecule has 2 aromatic heterocycles. The van der Waals surface area contributed by atoms with Gasteiger partial charge in [0.05, 0.1) is 22.8 Å². The van der Waals surface area contributed by atoms with Crippen LogP contribution in [0.25, 0.3) is 101 Å². The Balaban J connectivity index is 1.01. The van der Waals surface area contributed by atoms with Gasteiger partial charge in [-0.3, -0.25) is 0 Å². The number of benzene rings is 8. The van der Waals surface area contributed by atoms with E-state index in [2.05, 4.69) is 194 Å². The van der Waals surface area contributed by atoms with Crippen molar-refractivity contribution in [1.82, 2.24) is 15.0 Å². The standard InChI is InChI=1S/C57H39N3/c1-6-16-40(17-7-1)49-34-50(42-26-30-46(31-27-42)54-38-52(41-18-8-2-9-19-41)37-53(58-54)44-20-10-3-11-21-44)36-51(35-49)43-28-32-47(33-29-43)56-39-55(45-22-12-4-13-23-45)59-57(60-56)48-24-14-5-15-25-48/h1-39H. The van der Waals surface area contributed by atoms with Crippen LogP contribution in [0.5, 0.6) is 0 Å². The molecule has 10 aromatic rings. The van der Waals surface area contributed by atoms with Crippen LogP contribution in [0.2, 0.25) is 0 Å². The molecule has 0 radical (unpaired) electrons. The second-order valence-electron chi connectivity index (χ2n) is 14.9. The second-order valence-corrected chi connectivity index (χ2v) is 14.9. The van der Waals surface area contributed by atoms with E-state index in [1.165, 1.54) is 11.1 Å². The third-order valence-corrected chi connectivity index (χ3v) is 10.9. The van der Waals surface area contributed by atoms with Crippen molar-refractivity contribution in [3.05, 3.63) is 237 Å². The van der Waals surface area contributed by atoms with E-state index in [-0.39, 0.29) is 0 Å². The largest absolute Gasteiger partial charge is 0.248 e. The SMILES string of the molecule is c1ccc(-c2cc(-c3ccc(-c4cc(-c5ccccc5)cc(-c5ccccc5)n4)cc3)cc(-c3ccc(-c4cc(-c5ccccc5)nc(-c5ccccc5)n4)cc3)c2)cc1. The molecule has 60 heavy (non-hydrogen) atoms. The first-order valence-corrected chi connectivity index (χ1v) is 20.3. The van der Waals surface area contributed by atoms with Crippen LogP contribution >= 0.6 is 0 Å². The zero-order chi connectivity index (χ0) is 40.1. The normalized spacial score (nSPS) is 11.0. The van der Waals surface area contributed by atoms with Gasteiger partial charge in [0.1, 0.15) is 0 Å². The van der Waals surface area contributed by atoms with E-state index in [0.29, 0.717) is 5.82 Å². The fraction of sp³-hybridized carbons (Fsp3) is 0. The minimum atomic E-state index is 0.707. The van der Waals surface area contributed by atoms with Gasteiger partial charge in [-0.2, -0.15) is 0 Å². The summed E-state index contributed by atoms with van der Waals surface area (Å²) in [6.07, 6.45) is 0. The van der Waals surface area contributed by atoms with Gasteiger partial charge in [0.2, 0.25) is 0 Å². The van der Waals surface area contributed by atoms with Crippen LogP contribution in [-0.2, 0) is 0 Å². The fourth-order valence-corrected chi connectivity index (χ4v) is 7.73. The molecule has 0 spiro atoms. The maximum absolute atomic E-state index is 5.17. The van der Waals surface area contributed by atoms with Crippen LogP contribution in [0.1, 0.15) is 0 Å². The second kappa shape index (κ2) is 16.5. The van der Waals surface area contributed by atoms with Gasteiger partial charge < -0.3 is 0 Å². The van der Waals surface area contributed by atoms with E-state index >= 15 is 0 Å². The Hall–Kier alpha value is -8.01. The Labute approximate surface area is 351 Å². The van der Waals surface area contributed by atoms with E-state index < -0.39 is 0 Å². The Morgan fingerprint density at radius 1 is 0.167 bits per heavy atom. The lowest BCUT2D eigenvalue weighted by molar-refractivity contribution is 1.18. The van der Waals surface area contributed by atoms with Gasteiger partial charge >= 0.3 is 0 Å². The Bertz CT molecular complexity index is 2720. The zero-order valence-corrected chi connectivity index (χ0v) is 32.9. The molecule has 0 fully saturated rings. The zero-order valence-electron chi connectivity index (χ0n) is 32.9. The summed E-state index contributed by atoms with van der Waals surface area (Å²) in [5, 5.41) is 0. The summed E-state index contributed by atoms with van der Waals surface area (Å²) in [6, 6.07) is 83.0. The average Bonchev–Trinajstić information content (AvgIpc) is 3.35. The highest BCUT2D eigenvalue weighted by Gasteiger charge is 2.14. The molecular formula is C57H39N3. The molecular weight excluding hydrogens is 727 g/mol. The van der Waals surface area contributed by atoms with Crippen LogP contribution in [0.4, 0.5) is 0 Å². The van der Waals surface area contributed by atoms with Crippen molar-refractivity contribution < 1.29 is 0 Å². The summed E-state index contributed by atoms with van der Waals surface area (Å²) >= 11 is 0. The van der Waals surface area contributed by atoms with Crippen molar-refractivity contribution in [3.8, 4) is 101 Å². The molecule has 0 saturated heterocycles. The van der Waals surface area contributed by atoms with Gasteiger partial charge in [0.25, 0.3) is 0 Å². The number of aromatic nitrogens is 3. The van der Waals surface area contributed by atoms with Crippen LogP contribution in [-0.4, -0.2) is 15.0 Å². The molecule has 282 valence electrons. The molecule has 3 nitrogen and oxygen atoms in total. The monoisotopic (exact) mass is 765 g/mol. The van der Waals surface area contributed by atoms with Gasteiger partial charge in [0.15, 0.2) is 5.82 Å². The summed E-state index contributed by atoms with van der Waals surface area (Å²) in [7, 11) is 0. The van der Waals surface area contributed by atoms with Gasteiger partial charge in [0, 0.05) is 27.8 Å².